The van der Waals surface area contributed by atoms with Crippen molar-refractivity contribution in [3.63, 3.8) is 0 Å². The average molecular weight is 304 g/mol. The molecule has 1 amide bonds. The zero-order valence-corrected chi connectivity index (χ0v) is 13.4. The van der Waals surface area contributed by atoms with Crippen molar-refractivity contribution in [3.8, 4) is 0 Å². The third-order valence-corrected chi connectivity index (χ3v) is 5.07. The molecular weight excluding hydrogens is 276 g/mol. The fourth-order valence-electron chi connectivity index (χ4n) is 3.74. The molecule has 1 N–H and O–H groups in total. The Morgan fingerprint density at radius 1 is 1.14 bits per heavy atom. The maximum Gasteiger partial charge on any atom is 0.234 e. The SMILES string of the molecule is O=C(CN1CCC(Cn2ccnc2)CC1)NC1CCCCC1. The lowest BCUT2D eigenvalue weighted by atomic mass is 9.95. The van der Waals surface area contributed by atoms with Crippen LogP contribution in [0.25, 0.3) is 0 Å². The lowest BCUT2D eigenvalue weighted by molar-refractivity contribution is -0.123. The van der Waals surface area contributed by atoms with Crippen molar-refractivity contribution in [2.75, 3.05) is 19.6 Å². The molecule has 3 rings (SSSR count). The molecule has 22 heavy (non-hydrogen) atoms. The molecule has 1 aliphatic carbocycles. The fraction of sp³-hybridized carbons (Fsp3) is 0.765. The van der Waals surface area contributed by atoms with Gasteiger partial charge in [-0.15, -0.1) is 0 Å². The number of amides is 1. The van der Waals surface area contributed by atoms with Crippen LogP contribution in [0, 0.1) is 5.92 Å². The summed E-state index contributed by atoms with van der Waals surface area (Å²) in [5.41, 5.74) is 0. The van der Waals surface area contributed by atoms with Crippen LogP contribution in [-0.2, 0) is 11.3 Å². The van der Waals surface area contributed by atoms with E-state index in [9.17, 15) is 4.79 Å². The molecule has 2 aliphatic rings. The van der Waals surface area contributed by atoms with Crippen molar-refractivity contribution >= 4 is 5.91 Å². The van der Waals surface area contributed by atoms with E-state index in [4.69, 9.17) is 0 Å². The summed E-state index contributed by atoms with van der Waals surface area (Å²) in [6, 6.07) is 0.431. The molecule has 0 bridgehead atoms. The Bertz CT molecular complexity index is 445. The molecule has 1 saturated carbocycles. The third kappa shape index (κ3) is 4.57. The summed E-state index contributed by atoms with van der Waals surface area (Å²) in [4.78, 5) is 18.6. The minimum atomic E-state index is 0.222. The first-order valence-corrected chi connectivity index (χ1v) is 8.77. The Morgan fingerprint density at radius 2 is 1.91 bits per heavy atom. The highest BCUT2D eigenvalue weighted by molar-refractivity contribution is 5.78. The molecule has 0 atom stereocenters. The molecule has 0 aromatic carbocycles. The van der Waals surface area contributed by atoms with Gasteiger partial charge in [0.2, 0.25) is 5.91 Å². The second kappa shape index (κ2) is 7.77. The van der Waals surface area contributed by atoms with E-state index >= 15 is 0 Å². The van der Waals surface area contributed by atoms with E-state index in [0.29, 0.717) is 18.5 Å². The van der Waals surface area contributed by atoms with Gasteiger partial charge in [0.1, 0.15) is 0 Å². The topological polar surface area (TPSA) is 50.2 Å². The number of aromatic nitrogens is 2. The highest BCUT2D eigenvalue weighted by atomic mass is 16.2. The smallest absolute Gasteiger partial charge is 0.234 e. The van der Waals surface area contributed by atoms with Gasteiger partial charge in [0.25, 0.3) is 0 Å². The van der Waals surface area contributed by atoms with Crippen LogP contribution in [0.1, 0.15) is 44.9 Å². The number of imidazole rings is 1. The molecule has 2 heterocycles. The number of hydrogen-bond donors (Lipinski definition) is 1. The van der Waals surface area contributed by atoms with Gasteiger partial charge in [-0.1, -0.05) is 19.3 Å². The Balaban J connectivity index is 1.35. The molecule has 1 saturated heterocycles. The highest BCUT2D eigenvalue weighted by Gasteiger charge is 2.22. The Hall–Kier alpha value is -1.36. The van der Waals surface area contributed by atoms with Crippen LogP contribution in [0.2, 0.25) is 0 Å². The zero-order chi connectivity index (χ0) is 15.2. The van der Waals surface area contributed by atoms with Crippen LogP contribution in [-0.4, -0.2) is 46.0 Å². The lowest BCUT2D eigenvalue weighted by Gasteiger charge is -2.32. The number of likely N-dealkylation sites (tertiary alicyclic amines) is 1. The Morgan fingerprint density at radius 3 is 2.59 bits per heavy atom. The van der Waals surface area contributed by atoms with Crippen LogP contribution in [0.4, 0.5) is 0 Å². The molecule has 2 fully saturated rings. The number of piperidine rings is 1. The van der Waals surface area contributed by atoms with Crippen molar-refractivity contribution in [2.24, 2.45) is 5.92 Å². The van der Waals surface area contributed by atoms with Gasteiger partial charge in [0, 0.05) is 25.0 Å². The number of nitrogens with zero attached hydrogens (tertiary/aromatic N) is 3. The van der Waals surface area contributed by atoms with E-state index < -0.39 is 0 Å². The second-order valence-corrected chi connectivity index (χ2v) is 6.88. The largest absolute Gasteiger partial charge is 0.352 e. The van der Waals surface area contributed by atoms with Gasteiger partial charge in [-0.3, -0.25) is 9.69 Å². The summed E-state index contributed by atoms with van der Waals surface area (Å²) in [5.74, 6) is 0.937. The van der Waals surface area contributed by atoms with Gasteiger partial charge < -0.3 is 9.88 Å². The average Bonchev–Trinajstić information content (AvgIpc) is 3.03. The van der Waals surface area contributed by atoms with Gasteiger partial charge in [0.05, 0.1) is 12.9 Å². The molecule has 0 spiro atoms. The maximum atomic E-state index is 12.2. The van der Waals surface area contributed by atoms with Gasteiger partial charge in [-0.2, -0.15) is 0 Å². The van der Waals surface area contributed by atoms with E-state index in [1.165, 1.54) is 44.9 Å². The minimum absolute atomic E-state index is 0.222. The van der Waals surface area contributed by atoms with E-state index in [-0.39, 0.29) is 5.91 Å². The normalized spacial score (nSPS) is 21.8. The van der Waals surface area contributed by atoms with Gasteiger partial charge in [0.15, 0.2) is 0 Å². The summed E-state index contributed by atoms with van der Waals surface area (Å²) in [5, 5.41) is 3.22. The van der Waals surface area contributed by atoms with Crippen molar-refractivity contribution in [3.05, 3.63) is 18.7 Å². The zero-order valence-electron chi connectivity index (χ0n) is 13.4. The third-order valence-electron chi connectivity index (χ3n) is 5.07. The first-order valence-electron chi connectivity index (χ1n) is 8.77. The molecule has 5 nitrogen and oxygen atoms in total. The van der Waals surface area contributed by atoms with Crippen molar-refractivity contribution in [1.82, 2.24) is 19.8 Å². The monoisotopic (exact) mass is 304 g/mol. The summed E-state index contributed by atoms with van der Waals surface area (Å²) in [6.45, 7) is 3.71. The molecule has 1 aromatic heterocycles. The Labute approximate surface area is 133 Å². The Kier molecular flexibility index (Phi) is 5.48. The number of carbonyl (C=O) groups excluding carboxylic acids is 1. The van der Waals surface area contributed by atoms with Gasteiger partial charge in [-0.25, -0.2) is 4.98 Å². The molecule has 0 radical (unpaired) electrons. The summed E-state index contributed by atoms with van der Waals surface area (Å²) in [6.07, 6.45) is 14.3. The molecule has 0 unspecified atom stereocenters. The van der Waals surface area contributed by atoms with Gasteiger partial charge in [-0.05, 0) is 44.7 Å². The quantitative estimate of drug-likeness (QED) is 0.906. The standard InChI is InChI=1S/C17H28N4O/c22-17(19-16-4-2-1-3-5-16)13-20-9-6-15(7-10-20)12-21-11-8-18-14-21/h8,11,14-16H,1-7,9-10,12-13H2,(H,19,22). The van der Waals surface area contributed by atoms with Crippen molar-refractivity contribution in [1.29, 1.82) is 0 Å². The van der Waals surface area contributed by atoms with Crippen LogP contribution in [0.3, 0.4) is 0 Å². The highest BCUT2D eigenvalue weighted by Crippen LogP contribution is 2.19. The molecule has 1 aliphatic heterocycles. The fourth-order valence-corrected chi connectivity index (χ4v) is 3.74. The van der Waals surface area contributed by atoms with E-state index in [0.717, 1.165) is 19.6 Å². The number of rotatable bonds is 5. The predicted octanol–water partition coefficient (Wildman–Crippen LogP) is 2.04. The van der Waals surface area contributed by atoms with E-state index in [2.05, 4.69) is 19.8 Å². The van der Waals surface area contributed by atoms with Crippen LogP contribution in [0.15, 0.2) is 18.7 Å². The number of hydrogen-bond acceptors (Lipinski definition) is 3. The maximum absolute atomic E-state index is 12.2. The van der Waals surface area contributed by atoms with E-state index in [1.807, 2.05) is 18.7 Å². The number of nitrogens with one attached hydrogen (secondary N) is 1. The molecular formula is C17H28N4O. The summed E-state index contributed by atoms with van der Waals surface area (Å²) >= 11 is 0. The van der Waals surface area contributed by atoms with Crippen LogP contribution < -0.4 is 5.32 Å². The van der Waals surface area contributed by atoms with E-state index in [1.54, 1.807) is 0 Å². The number of carbonyl (C=O) groups is 1. The molecule has 5 heteroatoms. The minimum Gasteiger partial charge on any atom is -0.352 e. The first kappa shape index (κ1) is 15.5. The second-order valence-electron chi connectivity index (χ2n) is 6.88. The predicted molar refractivity (Wildman–Crippen MR) is 86.4 cm³/mol. The summed E-state index contributed by atoms with van der Waals surface area (Å²) < 4.78 is 2.16. The molecule has 122 valence electrons. The van der Waals surface area contributed by atoms with Crippen LogP contribution >= 0.6 is 0 Å². The summed E-state index contributed by atoms with van der Waals surface area (Å²) in [7, 11) is 0. The first-order chi connectivity index (χ1) is 10.8. The van der Waals surface area contributed by atoms with Crippen LogP contribution in [0.5, 0.6) is 0 Å². The van der Waals surface area contributed by atoms with Gasteiger partial charge >= 0.3 is 0 Å². The lowest BCUT2D eigenvalue weighted by Crippen LogP contribution is -2.45. The van der Waals surface area contributed by atoms with Crippen molar-refractivity contribution < 1.29 is 4.79 Å². The van der Waals surface area contributed by atoms with Crippen molar-refractivity contribution in [2.45, 2.75) is 57.5 Å². The molecule has 1 aromatic rings.